The molecule has 0 bridgehead atoms. The van der Waals surface area contributed by atoms with Gasteiger partial charge in [-0.2, -0.15) is 0 Å². The lowest BCUT2D eigenvalue weighted by Crippen LogP contribution is -2.25. The van der Waals surface area contributed by atoms with Gasteiger partial charge in [-0.3, -0.25) is 9.78 Å². The highest BCUT2D eigenvalue weighted by atomic mass is 35.5. The van der Waals surface area contributed by atoms with Crippen molar-refractivity contribution in [3.8, 4) is 0 Å². The van der Waals surface area contributed by atoms with Crippen molar-refractivity contribution >= 4 is 23.0 Å². The highest BCUT2D eigenvalue weighted by molar-refractivity contribution is 6.30. The van der Waals surface area contributed by atoms with Crippen LogP contribution in [0.5, 0.6) is 0 Å². The maximum atomic E-state index is 15.0. The monoisotopic (exact) mass is 358 g/mol. The third-order valence-corrected chi connectivity index (χ3v) is 4.43. The molecule has 1 atom stereocenters. The molecule has 1 aliphatic carbocycles. The maximum Gasteiger partial charge on any atom is 0.198 e. The van der Waals surface area contributed by atoms with Gasteiger partial charge in [0.05, 0.1) is 0 Å². The van der Waals surface area contributed by atoms with Gasteiger partial charge in [0.15, 0.2) is 12.0 Å². The molecule has 0 aliphatic heterocycles. The Hall–Kier alpha value is -2.33. The zero-order valence-corrected chi connectivity index (χ0v) is 14.1. The first-order chi connectivity index (χ1) is 12.0. The summed E-state index contributed by atoms with van der Waals surface area (Å²) in [6, 6.07) is 10.2. The van der Waals surface area contributed by atoms with Gasteiger partial charge in [-0.05, 0) is 60.7 Å². The standard InChI is InChI=1S/C20H15ClF2NO/c1-12-16(6-5-13-3-2-4-15(21)11-13)18(22)17(19(23)20(12)25)14-7-9-24-10-8-14/h2-4,7-11,19H,1,5-6H2. The van der Waals surface area contributed by atoms with E-state index in [1.54, 1.807) is 18.2 Å². The lowest BCUT2D eigenvalue weighted by atomic mass is 9.84. The summed E-state index contributed by atoms with van der Waals surface area (Å²) in [5, 5.41) is 0.582. The summed E-state index contributed by atoms with van der Waals surface area (Å²) in [6.45, 7) is 3.60. The van der Waals surface area contributed by atoms with Crippen LogP contribution < -0.4 is 0 Å². The molecule has 1 aromatic carbocycles. The molecule has 2 aromatic rings. The van der Waals surface area contributed by atoms with Gasteiger partial charge >= 0.3 is 0 Å². The number of hydrogen-bond donors (Lipinski definition) is 0. The van der Waals surface area contributed by atoms with Gasteiger partial charge < -0.3 is 0 Å². The number of aryl methyl sites for hydroxylation is 1. The van der Waals surface area contributed by atoms with Gasteiger partial charge in [0.25, 0.3) is 0 Å². The molecule has 5 heteroatoms. The Morgan fingerprint density at radius 3 is 2.56 bits per heavy atom. The van der Waals surface area contributed by atoms with Crippen molar-refractivity contribution in [3.05, 3.63) is 88.8 Å². The summed E-state index contributed by atoms with van der Waals surface area (Å²) in [6.07, 6.45) is 1.52. The maximum absolute atomic E-state index is 15.0. The fraction of sp³-hybridized carbons (Fsp3) is 0.150. The van der Waals surface area contributed by atoms with Crippen molar-refractivity contribution in [2.75, 3.05) is 0 Å². The van der Waals surface area contributed by atoms with E-state index in [2.05, 4.69) is 11.9 Å². The topological polar surface area (TPSA) is 30.0 Å². The minimum Gasteiger partial charge on any atom is -0.291 e. The molecule has 0 saturated carbocycles. The van der Waals surface area contributed by atoms with Gasteiger partial charge in [0, 0.05) is 28.6 Å². The fourth-order valence-corrected chi connectivity index (χ4v) is 3.08. The Morgan fingerprint density at radius 2 is 1.88 bits per heavy atom. The quantitative estimate of drug-likeness (QED) is 0.761. The number of pyridine rings is 1. The van der Waals surface area contributed by atoms with E-state index >= 15 is 0 Å². The first kappa shape index (κ1) is 17.5. The van der Waals surface area contributed by atoms with E-state index in [4.69, 9.17) is 11.6 Å². The molecule has 1 heterocycles. The molecule has 3 rings (SSSR count). The number of Topliss-reactive ketones (excluding diaryl/α,β-unsaturated/α-hetero) is 1. The SMILES string of the molecule is [CH2]C1=C(CCc2cccc(Cl)c2)C(F)=C(c2ccncc2)C(F)C1=O. The van der Waals surface area contributed by atoms with Crippen LogP contribution in [-0.4, -0.2) is 16.9 Å². The highest BCUT2D eigenvalue weighted by Crippen LogP contribution is 2.38. The number of halogens is 3. The number of alkyl halides is 1. The third kappa shape index (κ3) is 3.54. The Labute approximate surface area is 149 Å². The van der Waals surface area contributed by atoms with E-state index in [1.807, 2.05) is 6.07 Å². The number of benzene rings is 1. The van der Waals surface area contributed by atoms with Crippen LogP contribution in [0.1, 0.15) is 17.5 Å². The van der Waals surface area contributed by atoms with E-state index in [1.165, 1.54) is 24.5 Å². The molecular formula is C20H15ClF2NO. The van der Waals surface area contributed by atoms with Crippen molar-refractivity contribution in [2.24, 2.45) is 0 Å². The van der Waals surface area contributed by atoms with Gasteiger partial charge in [0.1, 0.15) is 5.83 Å². The van der Waals surface area contributed by atoms with Crippen LogP contribution in [0.25, 0.3) is 5.57 Å². The Morgan fingerprint density at radius 1 is 1.16 bits per heavy atom. The van der Waals surface area contributed by atoms with E-state index in [9.17, 15) is 13.6 Å². The van der Waals surface area contributed by atoms with Gasteiger partial charge in [-0.15, -0.1) is 0 Å². The minimum absolute atomic E-state index is 0.107. The summed E-state index contributed by atoms with van der Waals surface area (Å²) in [5.41, 5.74) is 0.999. The summed E-state index contributed by atoms with van der Waals surface area (Å²) in [5.74, 6) is -1.51. The summed E-state index contributed by atoms with van der Waals surface area (Å²) in [4.78, 5) is 16.0. The van der Waals surface area contributed by atoms with Crippen LogP contribution in [0.3, 0.4) is 0 Å². The molecule has 0 amide bonds. The van der Waals surface area contributed by atoms with Crippen LogP contribution in [0.4, 0.5) is 8.78 Å². The van der Waals surface area contributed by atoms with Gasteiger partial charge in [-0.25, -0.2) is 8.78 Å². The lowest BCUT2D eigenvalue weighted by molar-refractivity contribution is -0.118. The van der Waals surface area contributed by atoms with E-state index in [0.29, 0.717) is 17.0 Å². The Balaban J connectivity index is 1.96. The summed E-state index contributed by atoms with van der Waals surface area (Å²) < 4.78 is 29.5. The van der Waals surface area contributed by atoms with E-state index < -0.39 is 17.8 Å². The first-order valence-corrected chi connectivity index (χ1v) is 8.15. The van der Waals surface area contributed by atoms with Crippen LogP contribution in [0, 0.1) is 6.92 Å². The fourth-order valence-electron chi connectivity index (χ4n) is 2.87. The third-order valence-electron chi connectivity index (χ3n) is 4.19. The molecule has 1 aromatic heterocycles. The minimum atomic E-state index is -2.05. The smallest absolute Gasteiger partial charge is 0.198 e. The van der Waals surface area contributed by atoms with Crippen molar-refractivity contribution in [3.63, 3.8) is 0 Å². The Kier molecular flexibility index (Phi) is 5.09. The van der Waals surface area contributed by atoms with Crippen molar-refractivity contribution in [2.45, 2.75) is 19.0 Å². The number of ketones is 1. The molecule has 25 heavy (non-hydrogen) atoms. The van der Waals surface area contributed by atoms with Crippen LogP contribution in [-0.2, 0) is 11.2 Å². The van der Waals surface area contributed by atoms with Crippen LogP contribution in [0.2, 0.25) is 5.02 Å². The average molecular weight is 359 g/mol. The second-order valence-corrected chi connectivity index (χ2v) is 6.21. The first-order valence-electron chi connectivity index (χ1n) is 7.77. The molecule has 1 unspecified atom stereocenters. The number of aromatic nitrogens is 1. The number of carbonyl (C=O) groups is 1. The van der Waals surface area contributed by atoms with Crippen molar-refractivity contribution in [1.29, 1.82) is 0 Å². The number of hydrogen-bond acceptors (Lipinski definition) is 2. The average Bonchev–Trinajstić information content (AvgIpc) is 2.61. The largest absolute Gasteiger partial charge is 0.291 e. The molecule has 0 saturated heterocycles. The van der Waals surface area contributed by atoms with Gasteiger partial charge in [-0.1, -0.05) is 23.7 Å². The molecular weight excluding hydrogens is 344 g/mol. The molecule has 1 radical (unpaired) electrons. The summed E-state index contributed by atoms with van der Waals surface area (Å²) in [7, 11) is 0. The molecule has 2 nitrogen and oxygen atoms in total. The molecule has 0 spiro atoms. The zero-order valence-electron chi connectivity index (χ0n) is 13.3. The van der Waals surface area contributed by atoms with Crippen LogP contribution in [0.15, 0.2) is 65.8 Å². The highest BCUT2D eigenvalue weighted by Gasteiger charge is 2.35. The number of allylic oxidation sites excluding steroid dienone is 4. The molecule has 1 aliphatic rings. The number of carbonyl (C=O) groups excluding carboxylic acids is 1. The molecule has 127 valence electrons. The lowest BCUT2D eigenvalue weighted by Gasteiger charge is -2.23. The predicted molar refractivity (Wildman–Crippen MR) is 94.3 cm³/mol. The normalized spacial score (nSPS) is 18.1. The van der Waals surface area contributed by atoms with Crippen molar-refractivity contribution in [1.82, 2.24) is 4.98 Å². The molecule has 0 fully saturated rings. The van der Waals surface area contributed by atoms with Crippen molar-refractivity contribution < 1.29 is 13.6 Å². The number of nitrogens with zero attached hydrogens (tertiary/aromatic N) is 1. The van der Waals surface area contributed by atoms with Gasteiger partial charge in [0.2, 0.25) is 0 Å². The van der Waals surface area contributed by atoms with Crippen LogP contribution >= 0.6 is 11.6 Å². The second-order valence-electron chi connectivity index (χ2n) is 5.78. The summed E-state index contributed by atoms with van der Waals surface area (Å²) >= 11 is 5.95. The Bertz CT molecular complexity index is 874. The second kappa shape index (κ2) is 7.28. The zero-order chi connectivity index (χ0) is 18.0. The van der Waals surface area contributed by atoms with E-state index in [0.717, 1.165) is 5.56 Å². The molecule has 0 N–H and O–H groups in total. The van der Waals surface area contributed by atoms with E-state index in [-0.39, 0.29) is 23.1 Å². The number of rotatable bonds is 4. The predicted octanol–water partition coefficient (Wildman–Crippen LogP) is 5.10.